The molecule has 0 bridgehead atoms. The molecule has 0 radical (unpaired) electrons. The Balaban J connectivity index is 1.12. The van der Waals surface area contributed by atoms with Crippen molar-refractivity contribution in [3.8, 4) is 16.9 Å². The highest BCUT2D eigenvalue weighted by atomic mass is 16.7. The Kier molecular flexibility index (Phi) is 5.76. The first kappa shape index (κ1) is 21.9. The van der Waals surface area contributed by atoms with Crippen LogP contribution in [0.2, 0.25) is 0 Å². The lowest BCUT2D eigenvalue weighted by atomic mass is 9.99. The number of ether oxygens (including phenoxy) is 2. The fourth-order valence-corrected chi connectivity index (χ4v) is 5.05. The van der Waals surface area contributed by atoms with Gasteiger partial charge in [-0.3, -0.25) is 4.79 Å². The van der Waals surface area contributed by atoms with Crippen molar-refractivity contribution in [2.75, 3.05) is 18.4 Å². The molecule has 0 atom stereocenters. The molecule has 1 spiro atoms. The van der Waals surface area contributed by atoms with Crippen molar-refractivity contribution in [1.82, 2.24) is 10.3 Å². The number of aromatic amines is 1. The Morgan fingerprint density at radius 2 is 1.83 bits per heavy atom. The van der Waals surface area contributed by atoms with Crippen molar-refractivity contribution in [2.45, 2.75) is 38.1 Å². The largest absolute Gasteiger partial charge is 0.462 e. The molecule has 2 aliphatic heterocycles. The van der Waals surface area contributed by atoms with Crippen LogP contribution in [0.5, 0.6) is 5.75 Å². The summed E-state index contributed by atoms with van der Waals surface area (Å²) < 4.78 is 12.5. The Morgan fingerprint density at radius 1 is 0.971 bits per heavy atom. The smallest absolute Gasteiger partial charge is 0.224 e. The first-order chi connectivity index (χ1) is 17.2. The summed E-state index contributed by atoms with van der Waals surface area (Å²) in [5.41, 5.74) is 6.23. The summed E-state index contributed by atoms with van der Waals surface area (Å²) >= 11 is 0. The number of para-hydroxylation sites is 1. The van der Waals surface area contributed by atoms with Crippen LogP contribution >= 0.6 is 0 Å². The second kappa shape index (κ2) is 9.21. The molecule has 1 aromatic heterocycles. The molecule has 3 N–H and O–H groups in total. The van der Waals surface area contributed by atoms with E-state index in [0.29, 0.717) is 19.4 Å². The van der Waals surface area contributed by atoms with E-state index < -0.39 is 5.79 Å². The van der Waals surface area contributed by atoms with Gasteiger partial charge in [-0.1, -0.05) is 36.4 Å². The number of hydrogen-bond acceptors (Lipinski definition) is 4. The Bertz CT molecular complexity index is 1370. The normalized spacial score (nSPS) is 16.6. The van der Waals surface area contributed by atoms with Crippen LogP contribution in [0.15, 0.2) is 72.9 Å². The van der Waals surface area contributed by atoms with E-state index in [1.807, 2.05) is 42.6 Å². The molecule has 178 valence electrons. The summed E-state index contributed by atoms with van der Waals surface area (Å²) in [6.45, 7) is 2.37. The molecule has 6 rings (SSSR count). The van der Waals surface area contributed by atoms with E-state index in [4.69, 9.17) is 9.47 Å². The highest BCUT2D eigenvalue weighted by Crippen LogP contribution is 2.38. The minimum Gasteiger partial charge on any atom is -0.462 e. The predicted molar refractivity (Wildman–Crippen MR) is 137 cm³/mol. The molecule has 2 aliphatic rings. The first-order valence-electron chi connectivity index (χ1n) is 12.3. The van der Waals surface area contributed by atoms with Crippen LogP contribution < -0.4 is 15.4 Å². The molecule has 0 aliphatic carbocycles. The summed E-state index contributed by atoms with van der Waals surface area (Å²) in [5, 5.41) is 7.59. The van der Waals surface area contributed by atoms with Gasteiger partial charge in [0.15, 0.2) is 0 Å². The topological polar surface area (TPSA) is 75.4 Å². The van der Waals surface area contributed by atoms with Gasteiger partial charge in [0, 0.05) is 60.7 Å². The number of fused-ring (bicyclic) bond motifs is 2. The minimum atomic E-state index is -0.489. The third-order valence-electron chi connectivity index (χ3n) is 6.99. The van der Waals surface area contributed by atoms with E-state index in [2.05, 4.69) is 45.9 Å². The van der Waals surface area contributed by atoms with Crippen LogP contribution in [-0.4, -0.2) is 29.8 Å². The third-order valence-corrected chi connectivity index (χ3v) is 6.99. The number of carbonyl (C=O) groups excluding carboxylic acids is 1. The van der Waals surface area contributed by atoms with E-state index >= 15 is 0 Å². The van der Waals surface area contributed by atoms with Crippen molar-refractivity contribution in [2.24, 2.45) is 0 Å². The van der Waals surface area contributed by atoms with Crippen LogP contribution in [0.1, 0.15) is 30.4 Å². The van der Waals surface area contributed by atoms with Crippen molar-refractivity contribution in [1.29, 1.82) is 0 Å². The summed E-state index contributed by atoms with van der Waals surface area (Å²) in [6, 6.07) is 22.4. The SMILES string of the molecule is O=C(CCc1c[nH]c2ccccc12)Nc1cccc(-c2ccc3c(c2)COC2(CCNCC2)O3)c1. The lowest BCUT2D eigenvalue weighted by Crippen LogP contribution is -2.49. The number of aromatic nitrogens is 1. The van der Waals surface area contributed by atoms with Gasteiger partial charge in [0.1, 0.15) is 5.75 Å². The van der Waals surface area contributed by atoms with E-state index in [1.165, 1.54) is 5.39 Å². The monoisotopic (exact) mass is 467 g/mol. The molecule has 6 nitrogen and oxygen atoms in total. The van der Waals surface area contributed by atoms with Crippen LogP contribution in [0, 0.1) is 0 Å². The molecule has 0 saturated carbocycles. The lowest BCUT2D eigenvalue weighted by molar-refractivity contribution is -0.218. The van der Waals surface area contributed by atoms with Gasteiger partial charge in [-0.2, -0.15) is 0 Å². The number of rotatable bonds is 5. The number of H-pyrrole nitrogens is 1. The van der Waals surface area contributed by atoms with Crippen molar-refractivity contribution < 1.29 is 14.3 Å². The van der Waals surface area contributed by atoms with Crippen LogP contribution in [0.25, 0.3) is 22.0 Å². The molecular formula is C29H29N3O3. The molecule has 0 unspecified atom stereocenters. The Hall–Kier alpha value is -3.61. The highest BCUT2D eigenvalue weighted by molar-refractivity contribution is 5.92. The third kappa shape index (κ3) is 4.55. The van der Waals surface area contributed by atoms with Crippen LogP contribution in [0.4, 0.5) is 5.69 Å². The second-order valence-electron chi connectivity index (χ2n) is 9.36. The van der Waals surface area contributed by atoms with Gasteiger partial charge in [0.25, 0.3) is 0 Å². The maximum Gasteiger partial charge on any atom is 0.224 e. The number of anilines is 1. The lowest BCUT2D eigenvalue weighted by Gasteiger charge is -2.41. The standard InChI is InChI=1S/C29H29N3O3/c33-28(11-9-22-18-31-26-7-2-1-6-25(22)26)32-24-5-3-4-20(17-24)21-8-10-27-23(16-21)19-34-29(35-27)12-14-30-15-13-29/h1-8,10,16-18,30-31H,9,11-15,19H2,(H,32,33). The number of nitrogens with one attached hydrogen (secondary N) is 3. The second-order valence-corrected chi connectivity index (χ2v) is 9.36. The van der Waals surface area contributed by atoms with Gasteiger partial charge in [0.05, 0.1) is 6.61 Å². The minimum absolute atomic E-state index is 0.00643. The van der Waals surface area contributed by atoms with Gasteiger partial charge in [-0.05, 0) is 53.4 Å². The highest BCUT2D eigenvalue weighted by Gasteiger charge is 2.38. The van der Waals surface area contributed by atoms with Gasteiger partial charge >= 0.3 is 0 Å². The van der Waals surface area contributed by atoms with Crippen molar-refractivity contribution in [3.63, 3.8) is 0 Å². The van der Waals surface area contributed by atoms with Crippen LogP contribution in [-0.2, 0) is 22.6 Å². The Morgan fingerprint density at radius 3 is 2.74 bits per heavy atom. The average molecular weight is 468 g/mol. The zero-order valence-electron chi connectivity index (χ0n) is 19.6. The average Bonchev–Trinajstić information content (AvgIpc) is 3.31. The zero-order valence-corrected chi connectivity index (χ0v) is 19.6. The molecule has 1 amide bonds. The quantitative estimate of drug-likeness (QED) is 0.368. The number of piperidine rings is 1. The van der Waals surface area contributed by atoms with Crippen LogP contribution in [0.3, 0.4) is 0 Å². The molecule has 6 heteroatoms. The van der Waals surface area contributed by atoms with Gasteiger partial charge in [-0.25, -0.2) is 0 Å². The maximum absolute atomic E-state index is 12.7. The summed E-state index contributed by atoms with van der Waals surface area (Å²) in [6.07, 6.45) is 4.83. The van der Waals surface area contributed by atoms with Gasteiger partial charge in [0.2, 0.25) is 11.7 Å². The fraction of sp³-hybridized carbons (Fsp3) is 0.276. The van der Waals surface area contributed by atoms with E-state index in [-0.39, 0.29) is 5.91 Å². The van der Waals surface area contributed by atoms with E-state index in [0.717, 1.165) is 65.1 Å². The molecule has 1 fully saturated rings. The van der Waals surface area contributed by atoms with E-state index in [1.54, 1.807) is 0 Å². The Labute approximate surface area is 204 Å². The van der Waals surface area contributed by atoms with Gasteiger partial charge in [-0.15, -0.1) is 0 Å². The summed E-state index contributed by atoms with van der Waals surface area (Å²) in [5.74, 6) is 0.423. The molecular weight excluding hydrogens is 438 g/mol. The first-order valence-corrected chi connectivity index (χ1v) is 12.3. The summed E-state index contributed by atoms with van der Waals surface area (Å²) in [7, 11) is 0. The number of hydrogen-bond donors (Lipinski definition) is 3. The molecule has 3 aromatic carbocycles. The van der Waals surface area contributed by atoms with Crippen molar-refractivity contribution >= 4 is 22.5 Å². The predicted octanol–water partition coefficient (Wildman–Crippen LogP) is 5.39. The number of amides is 1. The van der Waals surface area contributed by atoms with E-state index in [9.17, 15) is 4.79 Å². The maximum atomic E-state index is 12.7. The van der Waals surface area contributed by atoms with Gasteiger partial charge < -0.3 is 25.1 Å². The fourth-order valence-electron chi connectivity index (χ4n) is 5.05. The zero-order chi connectivity index (χ0) is 23.7. The molecule has 4 aromatic rings. The number of carbonyl (C=O) groups is 1. The molecule has 35 heavy (non-hydrogen) atoms. The summed E-state index contributed by atoms with van der Waals surface area (Å²) in [4.78, 5) is 15.9. The van der Waals surface area contributed by atoms with Crippen molar-refractivity contribution in [3.05, 3.63) is 84.1 Å². The molecule has 1 saturated heterocycles. The molecule has 3 heterocycles. The number of aryl methyl sites for hydroxylation is 1. The number of benzene rings is 3.